The van der Waals surface area contributed by atoms with Gasteiger partial charge in [0.25, 0.3) is 0 Å². The zero-order chi connectivity index (χ0) is 9.36. The molecule has 1 rings (SSSR count). The molecule has 1 saturated heterocycles. The van der Waals surface area contributed by atoms with Crippen molar-refractivity contribution in [3.63, 3.8) is 0 Å². The molecule has 1 aliphatic rings. The Hall–Kier alpha value is -0.870. The summed E-state index contributed by atoms with van der Waals surface area (Å²) in [6, 6.07) is 0. The van der Waals surface area contributed by atoms with Crippen LogP contribution in [0.3, 0.4) is 0 Å². The van der Waals surface area contributed by atoms with Crippen molar-refractivity contribution in [3.05, 3.63) is 12.3 Å². The van der Waals surface area contributed by atoms with Gasteiger partial charge in [0.05, 0.1) is 19.8 Å². The van der Waals surface area contributed by atoms with Crippen LogP contribution in [-0.4, -0.2) is 50.5 Å². The number of morpholine rings is 1. The molecule has 0 aromatic rings. The van der Waals surface area contributed by atoms with Crippen molar-refractivity contribution in [3.8, 4) is 0 Å². The smallest absolute Gasteiger partial charge is 0.0594 e. The minimum Gasteiger partial charge on any atom is -0.405 e. The zero-order valence-corrected chi connectivity index (χ0v) is 7.85. The summed E-state index contributed by atoms with van der Waals surface area (Å²) in [5.41, 5.74) is 5.15. The Morgan fingerprint density at radius 2 is 2.15 bits per heavy atom. The predicted octanol–water partition coefficient (Wildman–Crippen LogP) is -0.138. The largest absolute Gasteiger partial charge is 0.405 e. The minimum absolute atomic E-state index is 0.838. The van der Waals surface area contributed by atoms with Gasteiger partial charge in [0, 0.05) is 25.8 Å². The van der Waals surface area contributed by atoms with Gasteiger partial charge in [-0.2, -0.15) is 0 Å². The lowest BCUT2D eigenvalue weighted by atomic mass is 10.4. The number of rotatable bonds is 4. The van der Waals surface area contributed by atoms with Crippen LogP contribution in [0, 0.1) is 0 Å². The lowest BCUT2D eigenvalue weighted by Crippen LogP contribution is -2.37. The van der Waals surface area contributed by atoms with Crippen molar-refractivity contribution < 1.29 is 4.74 Å². The monoisotopic (exact) mass is 183 g/mol. The van der Waals surface area contributed by atoms with E-state index in [0.29, 0.717) is 0 Å². The number of ether oxygens (including phenoxy) is 1. The highest BCUT2D eigenvalue weighted by atomic mass is 16.5. The Labute approximate surface area is 79.1 Å². The Balaban J connectivity index is 2.04. The van der Waals surface area contributed by atoms with Crippen molar-refractivity contribution in [2.45, 2.75) is 0 Å². The number of hydrogen-bond donors (Lipinski definition) is 1. The third-order valence-corrected chi connectivity index (χ3v) is 1.95. The molecule has 0 amide bonds. The first-order valence-electron chi connectivity index (χ1n) is 4.60. The molecule has 0 radical (unpaired) electrons. The fourth-order valence-electron chi connectivity index (χ4n) is 1.21. The quantitative estimate of drug-likeness (QED) is 0.617. The number of aliphatic imine (C=N–C) groups is 1. The highest BCUT2D eigenvalue weighted by molar-refractivity contribution is 5.70. The normalized spacial score (nSPS) is 20.3. The second-order valence-corrected chi connectivity index (χ2v) is 2.89. The average molecular weight is 183 g/mol. The number of nitrogens with two attached hydrogens (primary N) is 1. The molecule has 0 aromatic carbocycles. The second kappa shape index (κ2) is 6.62. The van der Waals surface area contributed by atoms with Crippen LogP contribution in [0.5, 0.6) is 0 Å². The predicted molar refractivity (Wildman–Crippen MR) is 53.9 cm³/mol. The summed E-state index contributed by atoms with van der Waals surface area (Å²) in [5, 5.41) is 0. The van der Waals surface area contributed by atoms with Gasteiger partial charge in [-0.3, -0.25) is 9.89 Å². The lowest BCUT2D eigenvalue weighted by molar-refractivity contribution is 0.0395. The van der Waals surface area contributed by atoms with Crippen LogP contribution in [0.2, 0.25) is 0 Å². The molecular weight excluding hydrogens is 166 g/mol. The highest BCUT2D eigenvalue weighted by Crippen LogP contribution is 1.95. The van der Waals surface area contributed by atoms with E-state index in [9.17, 15) is 0 Å². The summed E-state index contributed by atoms with van der Waals surface area (Å²) in [6.07, 6.45) is 4.96. The average Bonchev–Trinajstić information content (AvgIpc) is 2.19. The molecule has 4 nitrogen and oxygen atoms in total. The van der Waals surface area contributed by atoms with E-state index < -0.39 is 0 Å². The molecule has 0 aromatic heterocycles. The van der Waals surface area contributed by atoms with Gasteiger partial charge in [-0.1, -0.05) is 0 Å². The van der Waals surface area contributed by atoms with Crippen LogP contribution in [0.25, 0.3) is 0 Å². The van der Waals surface area contributed by atoms with Crippen LogP contribution in [0.4, 0.5) is 0 Å². The molecule has 0 bridgehead atoms. The van der Waals surface area contributed by atoms with Crippen molar-refractivity contribution in [2.24, 2.45) is 10.7 Å². The molecule has 1 fully saturated rings. The van der Waals surface area contributed by atoms with Crippen molar-refractivity contribution >= 4 is 6.21 Å². The van der Waals surface area contributed by atoms with Gasteiger partial charge < -0.3 is 10.5 Å². The maximum Gasteiger partial charge on any atom is 0.0594 e. The summed E-state index contributed by atoms with van der Waals surface area (Å²) < 4.78 is 5.24. The SMILES string of the molecule is NC=CC=NCCN1CCOCC1. The number of nitrogens with zero attached hydrogens (tertiary/aromatic N) is 2. The first-order valence-corrected chi connectivity index (χ1v) is 4.60. The molecular formula is C9H17N3O. The van der Waals surface area contributed by atoms with Gasteiger partial charge in [-0.15, -0.1) is 0 Å². The van der Waals surface area contributed by atoms with Crippen LogP contribution in [0.15, 0.2) is 17.3 Å². The second-order valence-electron chi connectivity index (χ2n) is 2.89. The van der Waals surface area contributed by atoms with Gasteiger partial charge >= 0.3 is 0 Å². The molecule has 1 aliphatic heterocycles. The fourth-order valence-corrected chi connectivity index (χ4v) is 1.21. The number of allylic oxidation sites excluding steroid dienone is 1. The summed E-state index contributed by atoms with van der Waals surface area (Å²) >= 11 is 0. The van der Waals surface area contributed by atoms with E-state index in [1.54, 1.807) is 12.3 Å². The van der Waals surface area contributed by atoms with E-state index in [0.717, 1.165) is 39.4 Å². The van der Waals surface area contributed by atoms with Gasteiger partial charge in [-0.25, -0.2) is 0 Å². The van der Waals surface area contributed by atoms with Gasteiger partial charge in [0.15, 0.2) is 0 Å². The first-order chi connectivity index (χ1) is 6.43. The van der Waals surface area contributed by atoms with Crippen LogP contribution in [-0.2, 0) is 4.74 Å². The summed E-state index contributed by atoms with van der Waals surface area (Å²) in [7, 11) is 0. The molecule has 0 aliphatic carbocycles. The summed E-state index contributed by atoms with van der Waals surface area (Å²) in [6.45, 7) is 5.62. The van der Waals surface area contributed by atoms with E-state index in [1.165, 1.54) is 6.20 Å². The molecule has 13 heavy (non-hydrogen) atoms. The van der Waals surface area contributed by atoms with Gasteiger partial charge in [0.2, 0.25) is 0 Å². The van der Waals surface area contributed by atoms with E-state index >= 15 is 0 Å². The summed E-state index contributed by atoms with van der Waals surface area (Å²) in [4.78, 5) is 6.54. The Morgan fingerprint density at radius 3 is 2.85 bits per heavy atom. The molecule has 4 heteroatoms. The van der Waals surface area contributed by atoms with Crippen molar-refractivity contribution in [1.29, 1.82) is 0 Å². The number of hydrogen-bond acceptors (Lipinski definition) is 4. The molecule has 0 saturated carbocycles. The Morgan fingerprint density at radius 1 is 1.38 bits per heavy atom. The van der Waals surface area contributed by atoms with Crippen LogP contribution >= 0.6 is 0 Å². The van der Waals surface area contributed by atoms with E-state index in [2.05, 4.69) is 9.89 Å². The first kappa shape index (κ1) is 10.2. The standard InChI is InChI=1S/C9H17N3O/c10-2-1-3-11-4-5-12-6-8-13-9-7-12/h1-3H,4-10H2. The van der Waals surface area contributed by atoms with Gasteiger partial charge in [-0.05, 0) is 12.3 Å². The van der Waals surface area contributed by atoms with E-state index in [1.807, 2.05) is 0 Å². The maximum atomic E-state index is 5.24. The Kier molecular flexibility index (Phi) is 5.20. The van der Waals surface area contributed by atoms with Crippen LogP contribution in [0.1, 0.15) is 0 Å². The summed E-state index contributed by atoms with van der Waals surface area (Å²) in [5.74, 6) is 0. The fraction of sp³-hybridized carbons (Fsp3) is 0.667. The maximum absolute atomic E-state index is 5.24. The molecule has 0 atom stereocenters. The minimum atomic E-state index is 0.838. The molecule has 2 N–H and O–H groups in total. The lowest BCUT2D eigenvalue weighted by Gasteiger charge is -2.25. The van der Waals surface area contributed by atoms with Gasteiger partial charge in [0.1, 0.15) is 0 Å². The zero-order valence-electron chi connectivity index (χ0n) is 7.85. The molecule has 0 unspecified atom stereocenters. The Bertz CT molecular complexity index is 174. The van der Waals surface area contributed by atoms with Crippen LogP contribution < -0.4 is 5.73 Å². The molecule has 74 valence electrons. The van der Waals surface area contributed by atoms with Crippen molar-refractivity contribution in [1.82, 2.24) is 4.90 Å². The third-order valence-electron chi connectivity index (χ3n) is 1.95. The molecule has 1 heterocycles. The highest BCUT2D eigenvalue weighted by Gasteiger charge is 2.08. The van der Waals surface area contributed by atoms with E-state index in [4.69, 9.17) is 10.5 Å². The topological polar surface area (TPSA) is 50.8 Å². The third kappa shape index (κ3) is 4.65. The van der Waals surface area contributed by atoms with Crippen molar-refractivity contribution in [2.75, 3.05) is 39.4 Å². The molecule has 0 spiro atoms. The van der Waals surface area contributed by atoms with E-state index in [-0.39, 0.29) is 0 Å².